The molecule has 1 amide bonds. The smallest absolute Gasteiger partial charge is 0.273 e. The van der Waals surface area contributed by atoms with Gasteiger partial charge in [-0.15, -0.1) is 0 Å². The number of fused-ring (bicyclic) bond motifs is 1. The van der Waals surface area contributed by atoms with Gasteiger partial charge in [0, 0.05) is 18.1 Å². The predicted molar refractivity (Wildman–Crippen MR) is 82.1 cm³/mol. The van der Waals surface area contributed by atoms with Gasteiger partial charge in [-0.2, -0.15) is 0 Å². The number of piperidine rings is 1. The molecule has 110 valence electrons. The van der Waals surface area contributed by atoms with Crippen molar-refractivity contribution in [3.8, 4) is 0 Å². The van der Waals surface area contributed by atoms with Crippen LogP contribution in [0, 0.1) is 0 Å². The van der Waals surface area contributed by atoms with E-state index in [1.807, 2.05) is 30.3 Å². The van der Waals surface area contributed by atoms with Gasteiger partial charge >= 0.3 is 0 Å². The Labute approximate surface area is 124 Å². The molecule has 2 atom stereocenters. The minimum atomic E-state index is -0.510. The number of amides is 1. The highest BCUT2D eigenvalue weighted by Crippen LogP contribution is 2.24. The van der Waals surface area contributed by atoms with Crippen molar-refractivity contribution in [1.82, 2.24) is 9.88 Å². The number of pyridine rings is 1. The summed E-state index contributed by atoms with van der Waals surface area (Å²) in [5.41, 5.74) is 0.487. The molecule has 21 heavy (non-hydrogen) atoms. The topological polar surface area (TPSA) is 53.4 Å². The molecule has 2 aromatic rings. The van der Waals surface area contributed by atoms with E-state index >= 15 is 0 Å². The number of aromatic nitrogens is 1. The van der Waals surface area contributed by atoms with Gasteiger partial charge < -0.3 is 10.0 Å². The zero-order valence-electron chi connectivity index (χ0n) is 12.2. The van der Waals surface area contributed by atoms with Gasteiger partial charge in [0.05, 0.1) is 12.1 Å². The monoisotopic (exact) mass is 284 g/mol. The lowest BCUT2D eigenvalue weighted by atomic mass is 9.97. The number of aliphatic hydroxyl groups excluding tert-OH is 1. The first-order chi connectivity index (χ1) is 10.2. The van der Waals surface area contributed by atoms with Gasteiger partial charge in [-0.25, -0.2) is 0 Å². The average Bonchev–Trinajstić information content (AvgIpc) is 2.53. The van der Waals surface area contributed by atoms with E-state index in [0.717, 1.165) is 30.0 Å². The summed E-state index contributed by atoms with van der Waals surface area (Å²) in [5.74, 6) is -0.0719. The molecule has 0 spiro atoms. The van der Waals surface area contributed by atoms with Crippen LogP contribution in [0.15, 0.2) is 36.5 Å². The molecule has 0 bridgehead atoms. The highest BCUT2D eigenvalue weighted by atomic mass is 16.3. The van der Waals surface area contributed by atoms with E-state index in [1.54, 1.807) is 18.0 Å². The SMILES string of the molecule is C[C@H](O)[C@H]1CCCCN1C(=O)c1nccc2ccccc12. The Kier molecular flexibility index (Phi) is 3.88. The van der Waals surface area contributed by atoms with E-state index in [1.165, 1.54) is 0 Å². The fourth-order valence-electron chi connectivity index (χ4n) is 3.14. The summed E-state index contributed by atoms with van der Waals surface area (Å²) in [7, 11) is 0. The largest absolute Gasteiger partial charge is 0.391 e. The molecule has 4 heteroatoms. The lowest BCUT2D eigenvalue weighted by molar-refractivity contribution is 0.0278. The van der Waals surface area contributed by atoms with Crippen LogP contribution < -0.4 is 0 Å². The van der Waals surface area contributed by atoms with Crippen LogP contribution in [0.1, 0.15) is 36.7 Å². The predicted octanol–water partition coefficient (Wildman–Crippen LogP) is 2.61. The van der Waals surface area contributed by atoms with Crippen molar-refractivity contribution in [2.75, 3.05) is 6.54 Å². The second-order valence-electron chi connectivity index (χ2n) is 5.68. The minimum absolute atomic E-state index is 0.0719. The highest BCUT2D eigenvalue weighted by Gasteiger charge is 2.31. The molecular formula is C17H20N2O2. The summed E-state index contributed by atoms with van der Waals surface area (Å²) in [5, 5.41) is 11.8. The first-order valence-electron chi connectivity index (χ1n) is 7.51. The molecule has 0 unspecified atom stereocenters. The molecule has 0 aliphatic carbocycles. The lowest BCUT2D eigenvalue weighted by Gasteiger charge is -2.37. The number of carbonyl (C=O) groups excluding carboxylic acids is 1. The molecule has 3 rings (SSSR count). The molecule has 1 aliphatic heterocycles. The van der Waals surface area contributed by atoms with Gasteiger partial charge in [-0.3, -0.25) is 9.78 Å². The van der Waals surface area contributed by atoms with Crippen molar-refractivity contribution in [1.29, 1.82) is 0 Å². The minimum Gasteiger partial charge on any atom is -0.391 e. The highest BCUT2D eigenvalue weighted by molar-refractivity contribution is 6.05. The maximum Gasteiger partial charge on any atom is 0.273 e. The molecule has 4 nitrogen and oxygen atoms in total. The van der Waals surface area contributed by atoms with E-state index in [4.69, 9.17) is 0 Å². The zero-order valence-corrected chi connectivity index (χ0v) is 12.2. The third-order valence-corrected chi connectivity index (χ3v) is 4.24. The Morgan fingerprint density at radius 1 is 1.33 bits per heavy atom. The summed E-state index contributed by atoms with van der Waals surface area (Å²) in [6.45, 7) is 2.45. The second-order valence-corrected chi connectivity index (χ2v) is 5.68. The summed E-state index contributed by atoms with van der Waals surface area (Å²) in [6.07, 6.45) is 4.07. The number of nitrogens with zero attached hydrogens (tertiary/aromatic N) is 2. The van der Waals surface area contributed by atoms with E-state index in [9.17, 15) is 9.90 Å². The first-order valence-corrected chi connectivity index (χ1v) is 7.51. The Balaban J connectivity index is 1.99. The molecule has 0 saturated carbocycles. The van der Waals surface area contributed by atoms with E-state index < -0.39 is 6.10 Å². The number of rotatable bonds is 2. The number of hydrogen-bond acceptors (Lipinski definition) is 3. The van der Waals surface area contributed by atoms with Crippen LogP contribution in [-0.4, -0.2) is 39.6 Å². The number of benzene rings is 1. The Bertz CT molecular complexity index is 649. The lowest BCUT2D eigenvalue weighted by Crippen LogP contribution is -2.49. The quantitative estimate of drug-likeness (QED) is 0.922. The summed E-state index contributed by atoms with van der Waals surface area (Å²) in [4.78, 5) is 19.0. The van der Waals surface area contributed by atoms with Crippen molar-refractivity contribution in [2.24, 2.45) is 0 Å². The van der Waals surface area contributed by atoms with Crippen LogP contribution in [0.3, 0.4) is 0 Å². The van der Waals surface area contributed by atoms with E-state index in [-0.39, 0.29) is 11.9 Å². The van der Waals surface area contributed by atoms with Crippen LogP contribution >= 0.6 is 0 Å². The van der Waals surface area contributed by atoms with Crippen molar-refractivity contribution < 1.29 is 9.90 Å². The van der Waals surface area contributed by atoms with Gasteiger partial charge in [-0.1, -0.05) is 24.3 Å². The summed E-state index contributed by atoms with van der Waals surface area (Å²) < 4.78 is 0. The Hall–Kier alpha value is -1.94. The maximum atomic E-state index is 12.9. The van der Waals surface area contributed by atoms with Gasteiger partial charge in [0.25, 0.3) is 5.91 Å². The van der Waals surface area contributed by atoms with Gasteiger partial charge in [-0.05, 0) is 37.6 Å². The fourth-order valence-corrected chi connectivity index (χ4v) is 3.14. The van der Waals surface area contributed by atoms with E-state index in [2.05, 4.69) is 4.98 Å². The van der Waals surface area contributed by atoms with E-state index in [0.29, 0.717) is 12.2 Å². The molecular weight excluding hydrogens is 264 g/mol. The van der Waals surface area contributed by atoms with Gasteiger partial charge in [0.1, 0.15) is 5.69 Å². The fraction of sp³-hybridized carbons (Fsp3) is 0.412. The molecule has 2 heterocycles. The zero-order chi connectivity index (χ0) is 14.8. The normalized spacial score (nSPS) is 20.5. The standard InChI is InChI=1S/C17H20N2O2/c1-12(20)15-8-4-5-11-19(15)17(21)16-14-7-3-2-6-13(14)9-10-18-16/h2-3,6-7,9-10,12,15,20H,4-5,8,11H2,1H3/t12-,15+/m0/s1. The first kappa shape index (κ1) is 14.0. The van der Waals surface area contributed by atoms with Crippen molar-refractivity contribution >= 4 is 16.7 Å². The summed E-state index contributed by atoms with van der Waals surface area (Å²) >= 11 is 0. The summed E-state index contributed by atoms with van der Waals surface area (Å²) in [6, 6.07) is 9.59. The second kappa shape index (κ2) is 5.82. The van der Waals surface area contributed by atoms with Gasteiger partial charge in [0.15, 0.2) is 0 Å². The molecule has 1 aliphatic rings. The molecule has 1 N–H and O–H groups in total. The number of aliphatic hydroxyl groups is 1. The molecule has 1 saturated heterocycles. The van der Waals surface area contributed by atoms with Crippen LogP contribution in [0.5, 0.6) is 0 Å². The van der Waals surface area contributed by atoms with Crippen molar-refractivity contribution in [2.45, 2.75) is 38.3 Å². The van der Waals surface area contributed by atoms with Crippen LogP contribution in [-0.2, 0) is 0 Å². The third-order valence-electron chi connectivity index (χ3n) is 4.24. The number of carbonyl (C=O) groups is 1. The van der Waals surface area contributed by atoms with Crippen LogP contribution in [0.2, 0.25) is 0 Å². The van der Waals surface area contributed by atoms with Crippen molar-refractivity contribution in [3.05, 3.63) is 42.2 Å². The van der Waals surface area contributed by atoms with Gasteiger partial charge in [0.2, 0.25) is 0 Å². The number of hydrogen-bond donors (Lipinski definition) is 1. The third kappa shape index (κ3) is 2.63. The number of likely N-dealkylation sites (tertiary alicyclic amines) is 1. The molecule has 1 aromatic heterocycles. The average molecular weight is 284 g/mol. The Morgan fingerprint density at radius 2 is 2.14 bits per heavy atom. The Morgan fingerprint density at radius 3 is 2.95 bits per heavy atom. The molecule has 1 aromatic carbocycles. The van der Waals surface area contributed by atoms with Crippen molar-refractivity contribution in [3.63, 3.8) is 0 Å². The molecule has 1 fully saturated rings. The van der Waals surface area contributed by atoms with Crippen LogP contribution in [0.25, 0.3) is 10.8 Å². The maximum absolute atomic E-state index is 12.9. The van der Waals surface area contributed by atoms with Crippen LogP contribution in [0.4, 0.5) is 0 Å². The molecule has 0 radical (unpaired) electrons.